The summed E-state index contributed by atoms with van der Waals surface area (Å²) in [6, 6.07) is 0. The smallest absolute Gasteiger partial charge is 0.0717 e. The lowest BCUT2D eigenvalue weighted by molar-refractivity contribution is 1.53. The van der Waals surface area contributed by atoms with Crippen LogP contribution in [0.2, 0.25) is 0 Å². The first-order valence-corrected chi connectivity index (χ1v) is 11.4. The van der Waals surface area contributed by atoms with Crippen LogP contribution in [0.1, 0.15) is 13.8 Å². The Morgan fingerprint density at radius 2 is 1.17 bits per heavy atom. The highest BCUT2D eigenvalue weighted by molar-refractivity contribution is 8.43. The van der Waals surface area contributed by atoms with Crippen LogP contribution in [0.25, 0.3) is 0 Å². The summed E-state index contributed by atoms with van der Waals surface area (Å²) in [5.41, 5.74) is 0. The first kappa shape index (κ1) is 16.4. The second-order valence-electron chi connectivity index (χ2n) is 3.03. The van der Waals surface area contributed by atoms with Gasteiger partial charge in [-0.05, 0) is 11.5 Å². The predicted octanol–water partition coefficient (Wildman–Crippen LogP) is 6.69. The number of thiol groups is 2. The van der Waals surface area contributed by atoms with Crippen molar-refractivity contribution < 1.29 is 0 Å². The second-order valence-corrected chi connectivity index (χ2v) is 12.2. The molecule has 0 nitrogen and oxygen atoms in total. The summed E-state index contributed by atoms with van der Waals surface area (Å²) in [4.78, 5) is 0. The van der Waals surface area contributed by atoms with E-state index >= 15 is 0 Å². The van der Waals surface area contributed by atoms with Gasteiger partial charge in [0.25, 0.3) is 0 Å². The highest BCUT2D eigenvalue weighted by Crippen LogP contribution is 2.64. The molecule has 0 radical (unpaired) electrons. The molecule has 0 amide bonds. The summed E-state index contributed by atoms with van der Waals surface area (Å²) in [6.07, 6.45) is 0. The normalized spacial score (nSPS) is 20.7. The Labute approximate surface area is 145 Å². The zero-order chi connectivity index (χ0) is 13.1. The van der Waals surface area contributed by atoms with Gasteiger partial charge in [0, 0.05) is 0 Å². The number of thioether (sulfide) groups is 6. The van der Waals surface area contributed by atoms with E-state index in [9.17, 15) is 0 Å². The zero-order valence-electron chi connectivity index (χ0n) is 9.76. The van der Waals surface area contributed by atoms with Crippen LogP contribution in [-0.2, 0) is 0 Å². The molecule has 2 heterocycles. The Morgan fingerprint density at radius 3 is 1.56 bits per heavy atom. The Bertz CT molecular complexity index is 397. The van der Waals surface area contributed by atoms with Gasteiger partial charge >= 0.3 is 0 Å². The lowest BCUT2D eigenvalue weighted by atomic mass is 11.0. The summed E-state index contributed by atoms with van der Waals surface area (Å²) in [5, 5.41) is 0. The van der Waals surface area contributed by atoms with Crippen molar-refractivity contribution >= 4 is 95.8 Å². The van der Waals surface area contributed by atoms with Crippen LogP contribution in [0.4, 0.5) is 0 Å². The average molecular weight is 389 g/mol. The molecule has 0 atom stereocenters. The van der Waals surface area contributed by atoms with Crippen molar-refractivity contribution in [3.05, 3.63) is 25.4 Å². The second kappa shape index (κ2) is 7.87. The van der Waals surface area contributed by atoms with Crippen LogP contribution in [-0.4, -0.2) is 11.5 Å². The average Bonchev–Trinajstić information content (AvgIpc) is 2.86. The third-order valence-corrected chi connectivity index (χ3v) is 11.3. The molecule has 0 fully saturated rings. The zero-order valence-corrected chi connectivity index (χ0v) is 16.4. The summed E-state index contributed by atoms with van der Waals surface area (Å²) in [7, 11) is 0. The topological polar surface area (TPSA) is 0 Å². The van der Waals surface area contributed by atoms with E-state index in [4.69, 9.17) is 0 Å². The molecule has 2 aliphatic rings. The molecule has 0 aliphatic carbocycles. The molecule has 0 aromatic heterocycles. The van der Waals surface area contributed by atoms with Gasteiger partial charge in [-0.15, -0.1) is 48.8 Å². The first-order valence-electron chi connectivity index (χ1n) is 5.23. The third-order valence-electron chi connectivity index (χ3n) is 1.82. The fourth-order valence-electron chi connectivity index (χ4n) is 1.16. The van der Waals surface area contributed by atoms with Gasteiger partial charge in [-0.25, -0.2) is 0 Å². The van der Waals surface area contributed by atoms with E-state index in [1.165, 1.54) is 16.9 Å². The van der Waals surface area contributed by atoms with E-state index in [-0.39, 0.29) is 0 Å². The third kappa shape index (κ3) is 4.02. The number of hydrogen-bond acceptors (Lipinski definition) is 8. The molecular weight excluding hydrogens is 377 g/mol. The Hall–Kier alpha value is 2.02. The molecule has 2 rings (SSSR count). The molecule has 0 aromatic carbocycles. The predicted molar refractivity (Wildman–Crippen MR) is 106 cm³/mol. The minimum Gasteiger partial charge on any atom is -0.135 e. The van der Waals surface area contributed by atoms with Crippen molar-refractivity contribution in [3.8, 4) is 0 Å². The Morgan fingerprint density at radius 1 is 0.778 bits per heavy atom. The van der Waals surface area contributed by atoms with Crippen molar-refractivity contribution in [2.45, 2.75) is 13.8 Å². The van der Waals surface area contributed by atoms with Crippen molar-refractivity contribution in [2.75, 3.05) is 11.5 Å². The number of hydrogen-bond donors (Lipinski definition) is 2. The maximum Gasteiger partial charge on any atom is 0.0717 e. The molecule has 0 bridgehead atoms. The van der Waals surface area contributed by atoms with Crippen molar-refractivity contribution in [1.29, 1.82) is 0 Å². The monoisotopic (exact) mass is 388 g/mol. The van der Waals surface area contributed by atoms with E-state index in [2.05, 4.69) is 39.1 Å². The van der Waals surface area contributed by atoms with Crippen LogP contribution >= 0.6 is 95.8 Å². The fraction of sp³-hybridized carbons (Fsp3) is 0.400. The molecule has 0 N–H and O–H groups in total. The molecular formula is C10H12S8. The summed E-state index contributed by atoms with van der Waals surface area (Å²) in [6.45, 7) is 4.42. The molecule has 18 heavy (non-hydrogen) atoms. The van der Waals surface area contributed by atoms with Crippen molar-refractivity contribution in [2.24, 2.45) is 0 Å². The summed E-state index contributed by atoms with van der Waals surface area (Å²) in [5.74, 6) is 2.26. The SMILES string of the molecule is CCSC1=C(SCC)SC(=C2SC(S)=C(S)S2)S1. The van der Waals surface area contributed by atoms with Crippen LogP contribution < -0.4 is 0 Å². The minimum absolute atomic E-state index is 1.02. The van der Waals surface area contributed by atoms with Crippen LogP contribution in [0.15, 0.2) is 25.4 Å². The molecule has 0 unspecified atom stereocenters. The van der Waals surface area contributed by atoms with Crippen LogP contribution in [0.3, 0.4) is 0 Å². The van der Waals surface area contributed by atoms with Gasteiger partial charge in [0.15, 0.2) is 0 Å². The van der Waals surface area contributed by atoms with E-state index in [0.29, 0.717) is 0 Å². The summed E-state index contributed by atoms with van der Waals surface area (Å²) < 4.78 is 7.70. The molecule has 8 heteroatoms. The molecule has 0 aromatic rings. The standard InChI is InChI=1S/C10H12S8/c1-3-13-7-8(14-4-2)18-10(17-7)9-15-5(11)6(12)16-9/h11-12H,3-4H2,1-2H3. The van der Waals surface area contributed by atoms with Crippen LogP contribution in [0, 0.1) is 0 Å². The van der Waals surface area contributed by atoms with Gasteiger partial charge in [0.05, 0.1) is 25.4 Å². The first-order chi connectivity index (χ1) is 8.65. The van der Waals surface area contributed by atoms with Gasteiger partial charge < -0.3 is 0 Å². The van der Waals surface area contributed by atoms with E-state index in [1.807, 2.05) is 47.0 Å². The van der Waals surface area contributed by atoms with Gasteiger partial charge in [-0.3, -0.25) is 0 Å². The molecule has 0 saturated heterocycles. The minimum atomic E-state index is 1.02. The molecule has 100 valence electrons. The highest BCUT2D eigenvalue weighted by atomic mass is 32.3. The number of rotatable bonds is 4. The highest BCUT2D eigenvalue weighted by Gasteiger charge is 2.28. The lowest BCUT2D eigenvalue weighted by Gasteiger charge is -2.01. The largest absolute Gasteiger partial charge is 0.135 e. The Kier molecular flexibility index (Phi) is 7.16. The van der Waals surface area contributed by atoms with Crippen LogP contribution in [0.5, 0.6) is 0 Å². The van der Waals surface area contributed by atoms with Gasteiger partial charge in [-0.1, -0.05) is 60.9 Å². The van der Waals surface area contributed by atoms with E-state index in [1.54, 1.807) is 23.5 Å². The van der Waals surface area contributed by atoms with Gasteiger partial charge in [0.2, 0.25) is 0 Å². The quantitative estimate of drug-likeness (QED) is 0.511. The molecule has 0 saturated carbocycles. The maximum absolute atomic E-state index is 4.44. The van der Waals surface area contributed by atoms with Crippen molar-refractivity contribution in [1.82, 2.24) is 0 Å². The van der Waals surface area contributed by atoms with Crippen molar-refractivity contribution in [3.63, 3.8) is 0 Å². The van der Waals surface area contributed by atoms with Gasteiger partial charge in [-0.2, -0.15) is 0 Å². The fourth-order valence-corrected chi connectivity index (χ4v) is 10.3. The van der Waals surface area contributed by atoms with E-state index < -0.39 is 0 Å². The summed E-state index contributed by atoms with van der Waals surface area (Å²) >= 11 is 20.1. The molecule has 0 spiro atoms. The van der Waals surface area contributed by atoms with E-state index in [0.717, 1.165) is 20.0 Å². The molecule has 2 aliphatic heterocycles. The maximum atomic E-state index is 4.44. The van der Waals surface area contributed by atoms with Gasteiger partial charge in [0.1, 0.15) is 0 Å². The Balaban J connectivity index is 2.11. The lowest BCUT2D eigenvalue weighted by Crippen LogP contribution is -1.72.